The summed E-state index contributed by atoms with van der Waals surface area (Å²) in [5, 5.41) is 4.28. The van der Waals surface area contributed by atoms with Crippen molar-refractivity contribution in [3.63, 3.8) is 0 Å². The van der Waals surface area contributed by atoms with Gasteiger partial charge in [-0.15, -0.1) is 4.52 Å². The fourth-order valence-electron chi connectivity index (χ4n) is 1.74. The van der Waals surface area contributed by atoms with Gasteiger partial charge in [0.2, 0.25) is 6.20 Å². The lowest BCUT2D eigenvalue weighted by Crippen LogP contribution is -2.34. The third-order valence-corrected chi connectivity index (χ3v) is 2.72. The van der Waals surface area contributed by atoms with E-state index >= 15 is 0 Å². The molecular formula is C12H18N3+. The van der Waals surface area contributed by atoms with Crippen LogP contribution in [0.3, 0.4) is 0 Å². The molecule has 0 fully saturated rings. The molecule has 0 unspecified atom stereocenters. The first kappa shape index (κ1) is 10.1. The van der Waals surface area contributed by atoms with E-state index < -0.39 is 0 Å². The number of hydrogen-bond acceptors (Lipinski definition) is 1. The molecule has 3 heteroatoms. The highest BCUT2D eigenvalue weighted by Crippen LogP contribution is 2.17. The van der Waals surface area contributed by atoms with Crippen LogP contribution in [0.25, 0.3) is 0 Å². The van der Waals surface area contributed by atoms with Crippen molar-refractivity contribution in [2.75, 3.05) is 0 Å². The van der Waals surface area contributed by atoms with E-state index in [0.717, 1.165) is 0 Å². The fraction of sp³-hybridized carbons (Fsp3) is 0.500. The first-order valence-electron chi connectivity index (χ1n) is 5.48. The van der Waals surface area contributed by atoms with Crippen molar-refractivity contribution in [2.24, 2.45) is 0 Å². The molecule has 2 rings (SSSR count). The van der Waals surface area contributed by atoms with E-state index in [9.17, 15) is 0 Å². The summed E-state index contributed by atoms with van der Waals surface area (Å²) < 4.78 is 4.00. The molecule has 0 aliphatic carbocycles. The lowest BCUT2D eigenvalue weighted by molar-refractivity contribution is -0.632. The van der Waals surface area contributed by atoms with Crippen molar-refractivity contribution in [1.82, 2.24) is 9.73 Å². The normalized spacial score (nSPS) is 11.9. The van der Waals surface area contributed by atoms with Crippen LogP contribution in [0.2, 0.25) is 0 Å². The maximum absolute atomic E-state index is 4.28. The summed E-state index contributed by atoms with van der Waals surface area (Å²) in [6.07, 6.45) is 5.92. The average Bonchev–Trinajstić information content (AvgIpc) is 2.62. The summed E-state index contributed by atoms with van der Waals surface area (Å²) in [5.74, 6) is 1.05. The van der Waals surface area contributed by atoms with Crippen LogP contribution in [0.5, 0.6) is 0 Å². The lowest BCUT2D eigenvalue weighted by Gasteiger charge is -2.08. The van der Waals surface area contributed by atoms with E-state index in [0.29, 0.717) is 11.8 Å². The van der Waals surface area contributed by atoms with Gasteiger partial charge in [-0.1, -0.05) is 27.7 Å². The Labute approximate surface area is 90.3 Å². The van der Waals surface area contributed by atoms with Crippen molar-refractivity contribution in [2.45, 2.75) is 39.5 Å². The van der Waals surface area contributed by atoms with Crippen LogP contribution >= 0.6 is 0 Å². The van der Waals surface area contributed by atoms with E-state index in [4.69, 9.17) is 0 Å². The van der Waals surface area contributed by atoms with Crippen LogP contribution in [0, 0.1) is 0 Å². The topological polar surface area (TPSA) is 21.4 Å². The van der Waals surface area contributed by atoms with Crippen LogP contribution in [-0.4, -0.2) is 9.73 Å². The third-order valence-electron chi connectivity index (χ3n) is 2.72. The zero-order valence-corrected chi connectivity index (χ0v) is 9.81. The monoisotopic (exact) mass is 204 g/mol. The van der Waals surface area contributed by atoms with Gasteiger partial charge in [-0.25, -0.2) is 0 Å². The second-order valence-electron chi connectivity index (χ2n) is 4.59. The third kappa shape index (κ3) is 1.74. The molecule has 15 heavy (non-hydrogen) atoms. The molecule has 2 aromatic heterocycles. The molecule has 0 amide bonds. The van der Waals surface area contributed by atoms with Gasteiger partial charge in [0.05, 0.1) is 6.20 Å². The van der Waals surface area contributed by atoms with E-state index in [-0.39, 0.29) is 0 Å². The summed E-state index contributed by atoms with van der Waals surface area (Å²) in [6, 6.07) is 2.27. The minimum Gasteiger partial charge on any atom is -0.125 e. The fourth-order valence-corrected chi connectivity index (χ4v) is 1.74. The Morgan fingerprint density at radius 1 is 1.20 bits per heavy atom. The Kier molecular flexibility index (Phi) is 2.47. The first-order valence-corrected chi connectivity index (χ1v) is 5.48. The Balaban J connectivity index is 2.69. The lowest BCUT2D eigenvalue weighted by atomic mass is 10.0. The smallest absolute Gasteiger partial charge is 0.125 e. The molecule has 0 saturated heterocycles. The number of aromatic nitrogens is 3. The number of hydrogen-bond donors (Lipinski definition) is 0. The van der Waals surface area contributed by atoms with Crippen LogP contribution in [0.15, 0.2) is 24.7 Å². The molecule has 0 aliphatic heterocycles. The van der Waals surface area contributed by atoms with Crippen molar-refractivity contribution in [1.29, 1.82) is 0 Å². The SMILES string of the molecule is CC(C)c1cc(C(C)C)[n+]2ccnn2c1. The maximum atomic E-state index is 4.28. The predicted octanol–water partition coefficient (Wildman–Crippen LogP) is 2.17. The summed E-state index contributed by atoms with van der Waals surface area (Å²) in [7, 11) is 0. The summed E-state index contributed by atoms with van der Waals surface area (Å²) in [4.78, 5) is 0. The van der Waals surface area contributed by atoms with Gasteiger partial charge in [-0.2, -0.15) is 0 Å². The first-order chi connectivity index (χ1) is 7.09. The highest BCUT2D eigenvalue weighted by Gasteiger charge is 2.14. The van der Waals surface area contributed by atoms with Crippen LogP contribution in [0.1, 0.15) is 50.8 Å². The second kappa shape index (κ2) is 3.65. The largest absolute Gasteiger partial charge is 0.207 e. The molecule has 0 radical (unpaired) electrons. The predicted molar refractivity (Wildman–Crippen MR) is 59.0 cm³/mol. The van der Waals surface area contributed by atoms with Gasteiger partial charge in [-0.3, -0.25) is 0 Å². The summed E-state index contributed by atoms with van der Waals surface area (Å²) in [5.41, 5.74) is 2.64. The van der Waals surface area contributed by atoms with Crippen LogP contribution < -0.4 is 4.52 Å². The van der Waals surface area contributed by atoms with Gasteiger partial charge >= 0.3 is 0 Å². The Morgan fingerprint density at radius 3 is 2.53 bits per heavy atom. The quantitative estimate of drug-likeness (QED) is 0.687. The van der Waals surface area contributed by atoms with Crippen LogP contribution in [-0.2, 0) is 0 Å². The Bertz CT molecular complexity index is 469. The Hall–Kier alpha value is -1.38. The van der Waals surface area contributed by atoms with Gasteiger partial charge < -0.3 is 0 Å². The van der Waals surface area contributed by atoms with Crippen molar-refractivity contribution in [3.05, 3.63) is 35.9 Å². The molecule has 3 nitrogen and oxygen atoms in total. The molecule has 0 aromatic carbocycles. The molecule has 2 heterocycles. The minimum atomic E-state index is 0.507. The molecular weight excluding hydrogens is 186 g/mol. The maximum Gasteiger partial charge on any atom is 0.207 e. The van der Waals surface area contributed by atoms with Gasteiger partial charge in [0.15, 0.2) is 6.20 Å². The van der Waals surface area contributed by atoms with E-state index in [1.807, 2.05) is 17.0 Å². The molecule has 0 spiro atoms. The molecule has 80 valence electrons. The van der Waals surface area contributed by atoms with Crippen molar-refractivity contribution in [3.8, 4) is 0 Å². The highest BCUT2D eigenvalue weighted by atomic mass is 15.5. The molecule has 0 bridgehead atoms. The van der Waals surface area contributed by atoms with Gasteiger partial charge in [0, 0.05) is 11.0 Å². The molecule has 0 saturated carbocycles. The average molecular weight is 204 g/mol. The Morgan fingerprint density at radius 2 is 1.93 bits per heavy atom. The van der Waals surface area contributed by atoms with Crippen molar-refractivity contribution < 1.29 is 4.52 Å². The number of nitrogens with zero attached hydrogens (tertiary/aromatic N) is 3. The zero-order chi connectivity index (χ0) is 11.0. The van der Waals surface area contributed by atoms with Gasteiger partial charge in [-0.05, 0) is 22.2 Å². The molecule has 2 aromatic rings. The van der Waals surface area contributed by atoms with E-state index in [1.165, 1.54) is 11.3 Å². The van der Waals surface area contributed by atoms with E-state index in [2.05, 4.69) is 49.6 Å². The number of rotatable bonds is 2. The van der Waals surface area contributed by atoms with Crippen LogP contribution in [0.4, 0.5) is 0 Å². The second-order valence-corrected chi connectivity index (χ2v) is 4.59. The van der Waals surface area contributed by atoms with Gasteiger partial charge in [0.25, 0.3) is 0 Å². The minimum absolute atomic E-state index is 0.507. The standard InChI is InChI=1S/C12H18N3/c1-9(2)11-7-12(10(3)4)14-6-5-13-15(14)8-11/h5-10H,1-4H3/q+1. The van der Waals surface area contributed by atoms with Crippen molar-refractivity contribution >= 4 is 0 Å². The molecule has 0 aliphatic rings. The molecule has 0 N–H and O–H groups in total. The zero-order valence-electron chi connectivity index (χ0n) is 9.81. The summed E-state index contributed by atoms with van der Waals surface area (Å²) in [6.45, 7) is 8.83. The summed E-state index contributed by atoms with van der Waals surface area (Å²) >= 11 is 0. The van der Waals surface area contributed by atoms with E-state index in [1.54, 1.807) is 0 Å². The highest BCUT2D eigenvalue weighted by molar-refractivity contribution is 5.15. The molecule has 0 atom stereocenters. The van der Waals surface area contributed by atoms with Gasteiger partial charge in [0.1, 0.15) is 5.69 Å². The number of fused-ring (bicyclic) bond motifs is 1.